The number of anilines is 3. The maximum atomic E-state index is 4.84. The molecule has 0 spiro atoms. The average Bonchev–Trinajstić information content (AvgIpc) is 2.95. The van der Waals surface area contributed by atoms with Gasteiger partial charge in [-0.05, 0) is 53.1 Å². The van der Waals surface area contributed by atoms with E-state index in [1.807, 2.05) is 47.6 Å². The van der Waals surface area contributed by atoms with Crippen LogP contribution in [0.4, 0.5) is 17.1 Å². The van der Waals surface area contributed by atoms with Crippen LogP contribution in [0.1, 0.15) is 16.7 Å². The van der Waals surface area contributed by atoms with Crippen LogP contribution in [0.5, 0.6) is 0 Å². The van der Waals surface area contributed by atoms with Crippen LogP contribution in [0.25, 0.3) is 0 Å². The van der Waals surface area contributed by atoms with Crippen LogP contribution < -0.4 is 9.91 Å². The molecule has 0 fully saturated rings. The molecule has 0 N–H and O–H groups in total. The Hall–Kier alpha value is -4.63. The fraction of sp³-hybridized carbons (Fsp3) is 0.0606. The molecule has 0 radical (unpaired) electrons. The summed E-state index contributed by atoms with van der Waals surface area (Å²) in [7, 11) is 0. The van der Waals surface area contributed by atoms with Crippen LogP contribution in [0.15, 0.2) is 151 Å². The molecule has 0 aliphatic rings. The number of hydrogen-bond acceptors (Lipinski definition) is 3. The molecule has 0 bridgehead atoms. The second-order valence-corrected chi connectivity index (χ2v) is 8.65. The van der Waals surface area contributed by atoms with E-state index in [0.29, 0.717) is 0 Å². The highest BCUT2D eigenvalue weighted by molar-refractivity contribution is 5.82. The van der Waals surface area contributed by atoms with Gasteiger partial charge in [0.1, 0.15) is 0 Å². The van der Waals surface area contributed by atoms with Crippen LogP contribution in [0.2, 0.25) is 0 Å². The maximum absolute atomic E-state index is 4.84. The van der Waals surface area contributed by atoms with Gasteiger partial charge in [0, 0.05) is 18.8 Å². The fourth-order valence-corrected chi connectivity index (χ4v) is 4.16. The van der Waals surface area contributed by atoms with E-state index in [-0.39, 0.29) is 0 Å². The number of benzene rings is 5. The van der Waals surface area contributed by atoms with Gasteiger partial charge in [0.05, 0.1) is 17.6 Å². The predicted octanol–water partition coefficient (Wildman–Crippen LogP) is 8.07. The maximum Gasteiger partial charge on any atom is 0.0652 e. The lowest BCUT2D eigenvalue weighted by Crippen LogP contribution is -2.22. The number of para-hydroxylation sites is 2. The number of hydrogen-bond donors (Lipinski definition) is 0. The summed E-state index contributed by atoms with van der Waals surface area (Å²) in [4.78, 5) is 2.41. The molecule has 36 heavy (non-hydrogen) atoms. The van der Waals surface area contributed by atoms with Crippen molar-refractivity contribution >= 4 is 23.3 Å². The van der Waals surface area contributed by atoms with Gasteiger partial charge in [-0.15, -0.1) is 0 Å². The molecular weight excluding hydrogens is 438 g/mol. The van der Waals surface area contributed by atoms with Crippen molar-refractivity contribution in [2.75, 3.05) is 9.91 Å². The topological polar surface area (TPSA) is 18.8 Å². The second-order valence-electron chi connectivity index (χ2n) is 8.65. The predicted molar refractivity (Wildman–Crippen MR) is 152 cm³/mol. The molecule has 0 aliphatic carbocycles. The second kappa shape index (κ2) is 11.7. The van der Waals surface area contributed by atoms with Gasteiger partial charge in [-0.3, -0.25) is 0 Å². The van der Waals surface area contributed by atoms with Gasteiger partial charge in [0.2, 0.25) is 0 Å². The molecule has 0 saturated heterocycles. The van der Waals surface area contributed by atoms with E-state index in [1.54, 1.807) is 0 Å². The third-order valence-corrected chi connectivity index (χ3v) is 6.01. The largest absolute Gasteiger partial charge is 0.363 e. The molecule has 3 heteroatoms. The first-order valence-corrected chi connectivity index (χ1v) is 12.2. The Balaban J connectivity index is 1.38. The monoisotopic (exact) mass is 467 g/mol. The van der Waals surface area contributed by atoms with Gasteiger partial charge >= 0.3 is 0 Å². The molecule has 0 saturated carbocycles. The molecule has 5 aromatic rings. The molecule has 0 unspecified atom stereocenters. The van der Waals surface area contributed by atoms with Gasteiger partial charge in [-0.1, -0.05) is 109 Å². The molecule has 5 rings (SSSR count). The van der Waals surface area contributed by atoms with Crippen molar-refractivity contribution in [1.29, 1.82) is 0 Å². The summed E-state index contributed by atoms with van der Waals surface area (Å²) in [5.41, 5.74) is 6.86. The Morgan fingerprint density at radius 2 is 0.861 bits per heavy atom. The Morgan fingerprint density at radius 1 is 0.444 bits per heavy atom. The van der Waals surface area contributed by atoms with E-state index >= 15 is 0 Å². The zero-order chi connectivity index (χ0) is 24.4. The lowest BCUT2D eigenvalue weighted by molar-refractivity contribution is 0.800. The van der Waals surface area contributed by atoms with Gasteiger partial charge in [-0.25, -0.2) is 5.01 Å². The van der Waals surface area contributed by atoms with Crippen LogP contribution in [0.3, 0.4) is 0 Å². The van der Waals surface area contributed by atoms with Gasteiger partial charge in [0.25, 0.3) is 0 Å². The Morgan fingerprint density at radius 3 is 1.31 bits per heavy atom. The van der Waals surface area contributed by atoms with E-state index in [4.69, 9.17) is 5.10 Å². The summed E-state index contributed by atoms with van der Waals surface area (Å²) in [5.74, 6) is 0. The zero-order valence-corrected chi connectivity index (χ0v) is 20.2. The van der Waals surface area contributed by atoms with E-state index in [0.717, 1.165) is 30.0 Å². The molecule has 5 aromatic carbocycles. The summed E-state index contributed by atoms with van der Waals surface area (Å²) in [6.45, 7) is 1.69. The Bertz CT molecular complexity index is 1270. The first kappa shape index (κ1) is 23.1. The zero-order valence-electron chi connectivity index (χ0n) is 20.2. The van der Waals surface area contributed by atoms with Crippen molar-refractivity contribution in [3.8, 4) is 0 Å². The molecule has 3 nitrogen and oxygen atoms in total. The first-order chi connectivity index (χ1) is 17.8. The van der Waals surface area contributed by atoms with E-state index < -0.39 is 0 Å². The molecule has 0 amide bonds. The highest BCUT2D eigenvalue weighted by Gasteiger charge is 2.10. The van der Waals surface area contributed by atoms with Crippen LogP contribution >= 0.6 is 0 Å². The third kappa shape index (κ3) is 6.08. The van der Waals surface area contributed by atoms with Crippen LogP contribution in [-0.4, -0.2) is 6.21 Å². The lowest BCUT2D eigenvalue weighted by Gasteiger charge is -2.25. The fourth-order valence-electron chi connectivity index (χ4n) is 4.16. The highest BCUT2D eigenvalue weighted by Crippen LogP contribution is 2.26. The van der Waals surface area contributed by atoms with Crippen LogP contribution in [0, 0.1) is 0 Å². The van der Waals surface area contributed by atoms with Crippen molar-refractivity contribution in [2.24, 2.45) is 5.10 Å². The normalized spacial score (nSPS) is 10.9. The summed E-state index contributed by atoms with van der Waals surface area (Å²) >= 11 is 0. The molecule has 0 heterocycles. The summed E-state index contributed by atoms with van der Waals surface area (Å²) in [6.07, 6.45) is 1.92. The van der Waals surface area contributed by atoms with Crippen molar-refractivity contribution in [1.82, 2.24) is 0 Å². The summed E-state index contributed by atoms with van der Waals surface area (Å²) < 4.78 is 0. The third-order valence-electron chi connectivity index (χ3n) is 6.01. The minimum atomic E-state index is 0.846. The lowest BCUT2D eigenvalue weighted by atomic mass is 10.1. The minimum absolute atomic E-state index is 0.846. The van der Waals surface area contributed by atoms with E-state index in [1.165, 1.54) is 16.8 Å². The molecular formula is C33H29N3. The van der Waals surface area contributed by atoms with Crippen LogP contribution in [-0.2, 0) is 13.1 Å². The van der Waals surface area contributed by atoms with E-state index in [9.17, 15) is 0 Å². The highest BCUT2D eigenvalue weighted by atomic mass is 15.5. The van der Waals surface area contributed by atoms with Crippen molar-refractivity contribution in [3.05, 3.63) is 162 Å². The SMILES string of the molecule is C(=N\N(c1ccccc1)c1ccccc1)/c1ccc(N(Cc2ccccc2)Cc2ccccc2)cc1. The average molecular weight is 468 g/mol. The Labute approximate surface area is 213 Å². The number of hydrazone groups is 1. The molecule has 176 valence electrons. The van der Waals surface area contributed by atoms with E-state index in [2.05, 4.69) is 114 Å². The quantitative estimate of drug-likeness (QED) is 0.161. The van der Waals surface area contributed by atoms with Crippen molar-refractivity contribution in [2.45, 2.75) is 13.1 Å². The minimum Gasteiger partial charge on any atom is -0.363 e. The smallest absolute Gasteiger partial charge is 0.0652 e. The number of nitrogens with zero attached hydrogens (tertiary/aromatic N) is 3. The Kier molecular flexibility index (Phi) is 7.50. The van der Waals surface area contributed by atoms with Gasteiger partial charge < -0.3 is 4.90 Å². The molecule has 0 aliphatic heterocycles. The summed E-state index contributed by atoms with van der Waals surface area (Å²) in [6, 6.07) is 50.3. The first-order valence-electron chi connectivity index (χ1n) is 12.2. The standard InChI is InChI=1S/C33H29N3/c1-5-13-29(14-6-1)26-35(27-30-15-7-2-8-16-30)31-23-21-28(22-24-31)25-34-36(32-17-9-3-10-18-32)33-19-11-4-12-20-33/h1-25H,26-27H2/b34-25+. The van der Waals surface area contributed by atoms with Gasteiger partial charge in [-0.2, -0.15) is 5.10 Å². The van der Waals surface area contributed by atoms with Crippen molar-refractivity contribution < 1.29 is 0 Å². The van der Waals surface area contributed by atoms with Gasteiger partial charge in [0.15, 0.2) is 0 Å². The summed E-state index contributed by atoms with van der Waals surface area (Å²) in [5, 5.41) is 6.80. The van der Waals surface area contributed by atoms with Crippen molar-refractivity contribution in [3.63, 3.8) is 0 Å². The number of rotatable bonds is 9. The molecule has 0 atom stereocenters. The molecule has 0 aromatic heterocycles.